The van der Waals surface area contributed by atoms with Crippen molar-refractivity contribution in [3.8, 4) is 0 Å². The van der Waals surface area contributed by atoms with Crippen LogP contribution in [0.25, 0.3) is 0 Å². The Balaban J connectivity index is 1.86. The van der Waals surface area contributed by atoms with E-state index in [4.69, 9.17) is 17.0 Å². The van der Waals surface area contributed by atoms with Crippen LogP contribution in [0.2, 0.25) is 0 Å². The molecule has 1 saturated carbocycles. The van der Waals surface area contributed by atoms with Crippen LogP contribution >= 0.6 is 12.2 Å². The zero-order chi connectivity index (χ0) is 15.5. The molecule has 2 aliphatic heterocycles. The highest BCUT2D eigenvalue weighted by Gasteiger charge is 2.35. The highest BCUT2D eigenvalue weighted by molar-refractivity contribution is 7.80. The van der Waals surface area contributed by atoms with Crippen LogP contribution in [0.15, 0.2) is 35.4 Å². The predicted octanol–water partition coefficient (Wildman–Crippen LogP) is 3.03. The Bertz CT molecular complexity index is 559. The Labute approximate surface area is 136 Å². The lowest BCUT2D eigenvalue weighted by Gasteiger charge is -2.42. The van der Waals surface area contributed by atoms with Gasteiger partial charge < -0.3 is 15.0 Å². The number of ether oxygens (including phenoxy) is 1. The number of hydrogen-bond acceptors (Lipinski definition) is 4. The van der Waals surface area contributed by atoms with Crippen molar-refractivity contribution in [3.05, 3.63) is 35.4 Å². The van der Waals surface area contributed by atoms with E-state index in [2.05, 4.69) is 10.2 Å². The number of allylic oxidation sites excluding steroid dienone is 3. The van der Waals surface area contributed by atoms with E-state index in [1.54, 1.807) is 6.20 Å². The molecule has 0 bridgehead atoms. The summed E-state index contributed by atoms with van der Waals surface area (Å²) >= 11 is 5.62. The van der Waals surface area contributed by atoms with Crippen molar-refractivity contribution in [1.82, 2.24) is 10.2 Å². The van der Waals surface area contributed by atoms with E-state index in [1.165, 1.54) is 32.1 Å². The number of morpholine rings is 1. The predicted molar refractivity (Wildman–Crippen MR) is 89.9 cm³/mol. The van der Waals surface area contributed by atoms with Crippen molar-refractivity contribution >= 4 is 23.5 Å². The molecule has 5 heteroatoms. The molecule has 3 rings (SSSR count). The average molecular weight is 318 g/mol. The second-order valence-corrected chi connectivity index (χ2v) is 6.46. The molecule has 1 unspecified atom stereocenters. The third-order valence-electron chi connectivity index (χ3n) is 4.56. The van der Waals surface area contributed by atoms with Gasteiger partial charge in [0.1, 0.15) is 4.99 Å². The molecular formula is C17H22N2O2S. The summed E-state index contributed by atoms with van der Waals surface area (Å²) in [6.07, 6.45) is 12.5. The van der Waals surface area contributed by atoms with Gasteiger partial charge in [-0.1, -0.05) is 31.5 Å². The normalized spacial score (nSPS) is 27.5. The van der Waals surface area contributed by atoms with Crippen molar-refractivity contribution in [2.45, 2.75) is 45.3 Å². The van der Waals surface area contributed by atoms with E-state index < -0.39 is 0 Å². The molecule has 1 atom stereocenters. The number of carbonyl (C=O) groups is 1. The van der Waals surface area contributed by atoms with E-state index in [-0.39, 0.29) is 6.23 Å². The van der Waals surface area contributed by atoms with Gasteiger partial charge in [-0.2, -0.15) is 0 Å². The van der Waals surface area contributed by atoms with E-state index in [0.29, 0.717) is 11.5 Å². The van der Waals surface area contributed by atoms with Crippen molar-refractivity contribution in [2.75, 3.05) is 6.54 Å². The fraction of sp³-hybridized carbons (Fsp3) is 0.529. The lowest BCUT2D eigenvalue weighted by atomic mass is 9.88. The lowest BCUT2D eigenvalue weighted by Crippen LogP contribution is -2.50. The summed E-state index contributed by atoms with van der Waals surface area (Å²) in [4.78, 5) is 14.0. The van der Waals surface area contributed by atoms with Gasteiger partial charge in [0.2, 0.25) is 6.23 Å². The van der Waals surface area contributed by atoms with E-state index in [1.807, 2.05) is 19.1 Å². The van der Waals surface area contributed by atoms with Crippen LogP contribution in [0, 0.1) is 5.92 Å². The largest absolute Gasteiger partial charge is 0.462 e. The van der Waals surface area contributed by atoms with Crippen LogP contribution < -0.4 is 5.32 Å². The molecule has 118 valence electrons. The number of nitrogens with zero attached hydrogens (tertiary/aromatic N) is 1. The molecular weight excluding hydrogens is 296 g/mol. The van der Waals surface area contributed by atoms with Crippen LogP contribution in [-0.4, -0.2) is 28.9 Å². The fourth-order valence-electron chi connectivity index (χ4n) is 3.36. The van der Waals surface area contributed by atoms with Gasteiger partial charge in [-0.15, -0.1) is 0 Å². The zero-order valence-corrected chi connectivity index (χ0v) is 13.7. The SMILES string of the molecule is C/C=C1\OC2NC=C(C=O)C=C2N(CC2CCCCC2)C1=S. The Morgan fingerprint density at radius 2 is 2.18 bits per heavy atom. The Hall–Kier alpha value is -1.62. The second-order valence-electron chi connectivity index (χ2n) is 6.07. The number of carbonyl (C=O) groups excluding carboxylic acids is 1. The highest BCUT2D eigenvalue weighted by atomic mass is 32.1. The van der Waals surface area contributed by atoms with Gasteiger partial charge in [-0.05, 0) is 37.8 Å². The summed E-state index contributed by atoms with van der Waals surface area (Å²) < 4.78 is 5.90. The standard InChI is InChI=1S/C17H22N2O2S/c1-2-15-17(22)19(10-12-6-4-3-5-7-12)14-8-13(11-20)9-18-16(14)21-15/h2,8-9,11-12,16,18H,3-7,10H2,1H3/b15-2-. The van der Waals surface area contributed by atoms with Crippen LogP contribution in [-0.2, 0) is 9.53 Å². The highest BCUT2D eigenvalue weighted by Crippen LogP contribution is 2.32. The molecule has 1 aliphatic carbocycles. The topological polar surface area (TPSA) is 41.6 Å². The first-order valence-corrected chi connectivity index (χ1v) is 8.41. The summed E-state index contributed by atoms with van der Waals surface area (Å²) in [7, 11) is 0. The number of hydrogen-bond donors (Lipinski definition) is 1. The Morgan fingerprint density at radius 1 is 1.41 bits per heavy atom. The van der Waals surface area contributed by atoms with Gasteiger partial charge in [-0.3, -0.25) is 4.79 Å². The molecule has 22 heavy (non-hydrogen) atoms. The minimum Gasteiger partial charge on any atom is -0.462 e. The second kappa shape index (κ2) is 6.65. The summed E-state index contributed by atoms with van der Waals surface area (Å²) in [5.41, 5.74) is 1.57. The summed E-state index contributed by atoms with van der Waals surface area (Å²) in [6, 6.07) is 0. The number of aldehydes is 1. The van der Waals surface area contributed by atoms with Crippen molar-refractivity contribution in [2.24, 2.45) is 5.92 Å². The number of dihydropyridines is 1. The monoisotopic (exact) mass is 318 g/mol. The first-order chi connectivity index (χ1) is 10.7. The van der Waals surface area contributed by atoms with Gasteiger partial charge in [0, 0.05) is 18.3 Å². The molecule has 0 aromatic heterocycles. The van der Waals surface area contributed by atoms with Crippen molar-refractivity contribution in [3.63, 3.8) is 0 Å². The molecule has 1 N–H and O–H groups in total. The van der Waals surface area contributed by atoms with Crippen LogP contribution in [0.4, 0.5) is 0 Å². The maximum Gasteiger partial charge on any atom is 0.211 e. The fourth-order valence-corrected chi connectivity index (χ4v) is 3.71. The number of fused-ring (bicyclic) bond motifs is 1. The first kappa shape index (κ1) is 15.3. The number of rotatable bonds is 3. The van der Waals surface area contributed by atoms with E-state index in [9.17, 15) is 4.79 Å². The molecule has 0 aromatic carbocycles. The summed E-state index contributed by atoms with van der Waals surface area (Å²) in [6.45, 7) is 2.85. The third kappa shape index (κ3) is 2.95. The Morgan fingerprint density at radius 3 is 2.86 bits per heavy atom. The minimum atomic E-state index is -0.259. The molecule has 1 saturated heterocycles. The third-order valence-corrected chi connectivity index (χ3v) is 4.98. The molecule has 0 spiro atoms. The van der Waals surface area contributed by atoms with Crippen LogP contribution in [0.5, 0.6) is 0 Å². The van der Waals surface area contributed by atoms with Gasteiger partial charge in [0.15, 0.2) is 12.0 Å². The molecule has 3 aliphatic rings. The maximum atomic E-state index is 11.1. The number of nitrogens with one attached hydrogen (secondary N) is 1. The number of thiocarbonyl (C=S) groups is 1. The first-order valence-electron chi connectivity index (χ1n) is 8.00. The molecule has 2 heterocycles. The average Bonchev–Trinajstić information content (AvgIpc) is 2.57. The Kier molecular flexibility index (Phi) is 4.62. The van der Waals surface area contributed by atoms with E-state index in [0.717, 1.165) is 29.3 Å². The van der Waals surface area contributed by atoms with Gasteiger partial charge >= 0.3 is 0 Å². The molecule has 0 radical (unpaired) electrons. The van der Waals surface area contributed by atoms with Crippen molar-refractivity contribution < 1.29 is 9.53 Å². The lowest BCUT2D eigenvalue weighted by molar-refractivity contribution is -0.104. The summed E-state index contributed by atoms with van der Waals surface area (Å²) in [5.74, 6) is 1.40. The van der Waals surface area contributed by atoms with Crippen molar-refractivity contribution in [1.29, 1.82) is 0 Å². The van der Waals surface area contributed by atoms with Gasteiger partial charge in [0.05, 0.1) is 5.70 Å². The quantitative estimate of drug-likeness (QED) is 0.492. The van der Waals surface area contributed by atoms with Gasteiger partial charge in [0.25, 0.3) is 0 Å². The van der Waals surface area contributed by atoms with Crippen LogP contribution in [0.1, 0.15) is 39.0 Å². The zero-order valence-electron chi connectivity index (χ0n) is 12.9. The van der Waals surface area contributed by atoms with Gasteiger partial charge in [-0.25, -0.2) is 0 Å². The smallest absolute Gasteiger partial charge is 0.211 e. The van der Waals surface area contributed by atoms with Crippen LogP contribution in [0.3, 0.4) is 0 Å². The minimum absolute atomic E-state index is 0.259. The molecule has 4 nitrogen and oxygen atoms in total. The summed E-state index contributed by atoms with van der Waals surface area (Å²) in [5, 5.41) is 3.15. The van der Waals surface area contributed by atoms with E-state index >= 15 is 0 Å². The molecule has 2 fully saturated rings. The molecule has 0 aromatic rings. The molecule has 0 amide bonds. The maximum absolute atomic E-state index is 11.1.